The van der Waals surface area contributed by atoms with Crippen LogP contribution in [0.2, 0.25) is 5.02 Å². The minimum Gasteiger partial charge on any atom is -0.496 e. The van der Waals surface area contributed by atoms with Gasteiger partial charge in [-0.2, -0.15) is 0 Å². The summed E-state index contributed by atoms with van der Waals surface area (Å²) in [6.07, 6.45) is 11.8. The maximum absolute atomic E-state index is 13.5. The van der Waals surface area contributed by atoms with Crippen LogP contribution >= 0.6 is 27.5 Å². The predicted molar refractivity (Wildman–Crippen MR) is 500 cm³/mol. The van der Waals surface area contributed by atoms with Gasteiger partial charge in [-0.1, -0.05) is 167 Å². The molecule has 13 heteroatoms. The van der Waals surface area contributed by atoms with E-state index in [0.29, 0.717) is 12.8 Å². The molecule has 0 bridgehead atoms. The quantitative estimate of drug-likeness (QED) is 0.113. The number of methoxy groups -OCH3 is 1. The van der Waals surface area contributed by atoms with Gasteiger partial charge in [-0.05, 0) is 290 Å². The summed E-state index contributed by atoms with van der Waals surface area (Å²) in [5.41, 5.74) is 37.1. The summed E-state index contributed by atoms with van der Waals surface area (Å²) in [6.45, 7) is 32.8. The number of benzene rings is 12. The van der Waals surface area contributed by atoms with Crippen molar-refractivity contribution in [2.24, 2.45) is 0 Å². The highest BCUT2D eigenvalue weighted by Crippen LogP contribution is 2.57. The first-order valence-corrected chi connectivity index (χ1v) is 43.2. The summed E-state index contributed by atoms with van der Waals surface area (Å²) in [6, 6.07) is 72.6. The molecule has 0 saturated heterocycles. The van der Waals surface area contributed by atoms with E-state index in [4.69, 9.17) is 35.3 Å². The van der Waals surface area contributed by atoms with Crippen molar-refractivity contribution in [1.29, 1.82) is 0 Å². The van der Waals surface area contributed by atoms with Crippen molar-refractivity contribution in [1.82, 2.24) is 0 Å². The Labute approximate surface area is 725 Å². The van der Waals surface area contributed by atoms with Gasteiger partial charge >= 0.3 is 0 Å². The van der Waals surface area contributed by atoms with Gasteiger partial charge in [0, 0.05) is 119 Å². The highest BCUT2D eigenvalue weighted by Gasteiger charge is 2.41. The lowest BCUT2D eigenvalue weighted by Crippen LogP contribution is -2.32. The Morgan fingerprint density at radius 1 is 0.322 bits per heavy atom. The lowest BCUT2D eigenvalue weighted by molar-refractivity contribution is 0.201. The van der Waals surface area contributed by atoms with Gasteiger partial charge in [0.25, 0.3) is 0 Å². The summed E-state index contributed by atoms with van der Waals surface area (Å²) in [5, 5.41) is 15.5. The number of hydrogen-bond donors (Lipinski definition) is 4. The first-order valence-electron chi connectivity index (χ1n) is 42.0. The molecule has 8 aliphatic rings. The van der Waals surface area contributed by atoms with Crippen LogP contribution < -0.4 is 45.0 Å². The second kappa shape index (κ2) is 32.1. The van der Waals surface area contributed by atoms with Gasteiger partial charge in [-0.3, -0.25) is 0 Å². The van der Waals surface area contributed by atoms with Crippen molar-refractivity contribution >= 4 is 72.6 Å². The van der Waals surface area contributed by atoms with Crippen molar-refractivity contribution in [2.45, 2.75) is 176 Å². The van der Waals surface area contributed by atoms with Gasteiger partial charge in [0.2, 0.25) is 0 Å². The number of hydrogen-bond acceptors (Lipinski definition) is 9. The van der Waals surface area contributed by atoms with Crippen molar-refractivity contribution in [3.8, 4) is 73.3 Å². The summed E-state index contributed by atoms with van der Waals surface area (Å²) < 4.78 is 60.2. The average Bonchev–Trinajstić information content (AvgIpc) is 0.746. The molecule has 0 aromatic heterocycles. The van der Waals surface area contributed by atoms with Gasteiger partial charge in [0.15, 0.2) is 0 Å². The maximum Gasteiger partial charge on any atom is 0.131 e. The van der Waals surface area contributed by atoms with Crippen LogP contribution in [0.25, 0.3) is 66.8 Å². The fraction of sp³-hybridized carbons (Fsp3) is 0.259. The lowest BCUT2D eigenvalue weighted by atomic mass is 9.80. The van der Waals surface area contributed by atoms with Crippen molar-refractivity contribution < 1.29 is 32.5 Å². The molecule has 0 amide bonds. The molecule has 8 heterocycles. The van der Waals surface area contributed by atoms with Gasteiger partial charge in [-0.15, -0.1) is 0 Å². The van der Waals surface area contributed by atoms with E-state index in [0.717, 1.165) is 90.3 Å². The number of allylic oxidation sites excluding steroid dienone is 4. The maximum atomic E-state index is 13.5. The van der Waals surface area contributed by atoms with Gasteiger partial charge in [-0.25, -0.2) is 8.78 Å². The third-order valence-corrected chi connectivity index (χ3v) is 25.2. The van der Waals surface area contributed by atoms with Crippen LogP contribution in [0.1, 0.15) is 191 Å². The Kier molecular flexibility index (Phi) is 21.7. The van der Waals surface area contributed by atoms with Crippen molar-refractivity contribution in [3.05, 3.63) is 347 Å². The number of nitrogens with one attached hydrogen (secondary N) is 4. The van der Waals surface area contributed by atoms with E-state index in [1.807, 2.05) is 66.7 Å². The Morgan fingerprint density at radius 2 is 0.579 bits per heavy atom. The van der Waals surface area contributed by atoms with Gasteiger partial charge in [0.1, 0.15) is 64.8 Å². The monoisotopic (exact) mass is 1690 g/mol. The molecule has 0 saturated carbocycles. The highest BCUT2D eigenvalue weighted by atomic mass is 79.9. The fourth-order valence-corrected chi connectivity index (χ4v) is 20.2. The predicted octanol–water partition coefficient (Wildman–Crippen LogP) is 29.2. The van der Waals surface area contributed by atoms with Crippen LogP contribution in [0.15, 0.2) is 247 Å². The highest BCUT2D eigenvalue weighted by molar-refractivity contribution is 9.10. The van der Waals surface area contributed by atoms with Crippen LogP contribution in [0.4, 0.5) is 31.5 Å². The van der Waals surface area contributed by atoms with E-state index in [1.54, 1.807) is 7.11 Å². The van der Waals surface area contributed by atoms with Crippen LogP contribution in [-0.4, -0.2) is 29.3 Å². The topological polar surface area (TPSA) is 94.3 Å². The van der Waals surface area contributed by atoms with Crippen LogP contribution in [-0.2, 0) is 25.7 Å². The molecule has 121 heavy (non-hydrogen) atoms. The normalized spacial score (nSPS) is 18.2. The molecule has 0 radical (unpaired) electrons. The lowest BCUT2D eigenvalue weighted by Gasteiger charge is -2.37. The van der Waals surface area contributed by atoms with E-state index in [1.165, 1.54) is 158 Å². The zero-order valence-electron chi connectivity index (χ0n) is 71.8. The summed E-state index contributed by atoms with van der Waals surface area (Å²) in [5.74, 6) is 4.02. The number of rotatable bonds is 9. The molecule has 0 fully saturated rings. The molecule has 4 N–H and O–H groups in total. The molecule has 12 aromatic rings. The number of ether oxygens (including phenoxy) is 5. The van der Waals surface area contributed by atoms with Crippen LogP contribution in [0, 0.1) is 32.4 Å². The van der Waals surface area contributed by atoms with Crippen molar-refractivity contribution in [2.75, 3.05) is 28.4 Å². The first kappa shape index (κ1) is 81.8. The van der Waals surface area contributed by atoms with E-state index in [2.05, 4.69) is 293 Å². The number of fused-ring (bicyclic) bond motifs is 20. The van der Waals surface area contributed by atoms with E-state index in [-0.39, 0.29) is 58.2 Å². The smallest absolute Gasteiger partial charge is 0.131 e. The van der Waals surface area contributed by atoms with Gasteiger partial charge in [0.05, 0.1) is 34.8 Å². The molecule has 20 rings (SSSR count). The number of anilines is 4. The zero-order chi connectivity index (χ0) is 84.9. The summed E-state index contributed by atoms with van der Waals surface area (Å²) >= 11 is 9.66. The summed E-state index contributed by atoms with van der Waals surface area (Å²) in [4.78, 5) is 0. The molecule has 4 unspecified atom stereocenters. The number of halogens is 4. The second-order valence-corrected chi connectivity index (χ2v) is 37.3. The second-order valence-electron chi connectivity index (χ2n) is 35.9. The van der Waals surface area contributed by atoms with E-state index < -0.39 is 0 Å². The fourth-order valence-electron chi connectivity index (χ4n) is 19.8. The van der Waals surface area contributed by atoms with Crippen LogP contribution in [0.5, 0.6) is 28.7 Å². The van der Waals surface area contributed by atoms with E-state index in [9.17, 15) is 8.78 Å². The Bertz CT molecular complexity index is 5790. The molecule has 8 aliphatic heterocycles. The Hall–Kier alpha value is -11.6. The largest absolute Gasteiger partial charge is 0.496 e. The average molecular weight is 1690 g/mol. The van der Waals surface area contributed by atoms with Gasteiger partial charge < -0.3 is 45.0 Å². The van der Waals surface area contributed by atoms with Crippen LogP contribution in [0.3, 0.4) is 0 Å². The minimum atomic E-state index is -0.230. The minimum absolute atomic E-state index is 0.0308. The molecule has 614 valence electrons. The third-order valence-electron chi connectivity index (χ3n) is 24.4. The molecule has 9 nitrogen and oxygen atoms in total. The summed E-state index contributed by atoms with van der Waals surface area (Å²) in [7, 11) is 1.69. The Morgan fingerprint density at radius 3 is 0.868 bits per heavy atom. The zero-order valence-corrected chi connectivity index (χ0v) is 74.1. The third kappa shape index (κ3) is 16.3. The van der Waals surface area contributed by atoms with E-state index >= 15 is 0 Å². The van der Waals surface area contributed by atoms with Crippen molar-refractivity contribution in [3.63, 3.8) is 0 Å². The standard InChI is InChI=1S/C27H26BrNO.C27H26ClNO.C27H26FNO2.C27H26FNO/c2*1-16-6-5-7-22-24(16)20-12-13-21-25(17(2)15-27(3,4)29-21)26(20)23(30-22)14-18-8-10-19(28)11-9-18;1-16-15-27(2,3)29-20-13-12-19-25-21(30-4)6-5-7-22(25)31-23(26(19)24(16)20)14-17-8-10-18(28)11-9-17;1-16-6-5-7-22-24(16)20-12-13-21-25(17(2)15-27(3,4)29-21)26(20)23(30-22)14-18-8-10-19(28)11-9-18/h2*5-13,15,23,29H,14H2,1-4H3;5-13,15,23,29H,14H2,1-4H3;5-13,15,23,29H,14H2,1-4H3/i;;28-1;. The SMILES string of the molecule is CC1=CC(C)(C)Nc2ccc3c(c21)C(Cc1ccc(Br)cc1)Oc1cccc(C)c1-3.CC1=CC(C)(C)Nc2ccc3c(c21)C(Cc1ccc(Cl)cc1)Oc1cccc(C)c1-3.CC1=CC(C)(C)Nc2ccc3c(c21)C(Cc1ccc(F)cc1)Oc1cccc(C)c1-3.COc1cccc2c1-c1ccc3c(c1C(Cc1ccc([18F])cc1)O2)C(C)=CC(C)(C)N3. The molecule has 4 atom stereocenters. The molecule has 12 aromatic carbocycles. The molecule has 0 spiro atoms. The number of aryl methyl sites for hydroxylation is 3. The Balaban J connectivity index is 0.000000115. The molecule has 0 aliphatic carbocycles. The molecular formula is C108H104BrClF2N4O5. The molecular weight excluding hydrogens is 1590 g/mol. The first-order chi connectivity index (χ1) is 57.8.